The Hall–Kier alpha value is -2.75. The van der Waals surface area contributed by atoms with E-state index in [-0.39, 0.29) is 5.91 Å². The third-order valence-electron chi connectivity index (χ3n) is 3.54. The predicted molar refractivity (Wildman–Crippen MR) is 85.5 cm³/mol. The third kappa shape index (κ3) is 2.74. The summed E-state index contributed by atoms with van der Waals surface area (Å²) in [5.41, 5.74) is 4.04. The number of carbonyl (C=O) groups is 1. The van der Waals surface area contributed by atoms with E-state index in [9.17, 15) is 4.79 Å². The van der Waals surface area contributed by atoms with Crippen LogP contribution in [-0.4, -0.2) is 17.9 Å². The standard InChI is InChI=1S/C17H17N3O/c1-18-17(21)12-5-7-14(8-6-12)20-11-13-3-2-4-16-15(13)9-10-19-16/h2-10,19-20H,11H2,1H3,(H,18,21). The Bertz CT molecular complexity index is 759. The minimum atomic E-state index is -0.0707. The number of hydrogen-bond donors (Lipinski definition) is 3. The molecule has 0 spiro atoms. The van der Waals surface area contributed by atoms with Gasteiger partial charge in [0.05, 0.1) is 0 Å². The maximum Gasteiger partial charge on any atom is 0.251 e. The maximum atomic E-state index is 11.5. The van der Waals surface area contributed by atoms with Crippen LogP contribution < -0.4 is 10.6 Å². The topological polar surface area (TPSA) is 56.9 Å². The van der Waals surface area contributed by atoms with Crippen molar-refractivity contribution in [2.75, 3.05) is 12.4 Å². The van der Waals surface area contributed by atoms with Crippen LogP contribution in [0.1, 0.15) is 15.9 Å². The first-order valence-electron chi connectivity index (χ1n) is 6.89. The van der Waals surface area contributed by atoms with E-state index in [0.29, 0.717) is 5.56 Å². The van der Waals surface area contributed by atoms with Crippen LogP contribution >= 0.6 is 0 Å². The van der Waals surface area contributed by atoms with Gasteiger partial charge in [-0.05, 0) is 42.0 Å². The van der Waals surface area contributed by atoms with Gasteiger partial charge in [-0.3, -0.25) is 4.79 Å². The van der Waals surface area contributed by atoms with Gasteiger partial charge in [0, 0.05) is 41.9 Å². The summed E-state index contributed by atoms with van der Waals surface area (Å²) < 4.78 is 0. The minimum absolute atomic E-state index is 0.0707. The number of H-pyrrole nitrogens is 1. The number of aromatic nitrogens is 1. The fourth-order valence-electron chi connectivity index (χ4n) is 2.39. The first-order valence-corrected chi connectivity index (χ1v) is 6.89. The number of anilines is 1. The van der Waals surface area contributed by atoms with Gasteiger partial charge in [-0.2, -0.15) is 0 Å². The summed E-state index contributed by atoms with van der Waals surface area (Å²) in [6, 6.07) is 15.8. The fraction of sp³-hybridized carbons (Fsp3) is 0.118. The van der Waals surface area contributed by atoms with Gasteiger partial charge in [-0.25, -0.2) is 0 Å². The van der Waals surface area contributed by atoms with E-state index < -0.39 is 0 Å². The molecule has 3 N–H and O–H groups in total. The molecule has 1 aromatic heterocycles. The van der Waals surface area contributed by atoms with Crippen LogP contribution in [0, 0.1) is 0 Å². The monoisotopic (exact) mass is 279 g/mol. The van der Waals surface area contributed by atoms with Crippen molar-refractivity contribution >= 4 is 22.5 Å². The number of fused-ring (bicyclic) bond motifs is 1. The zero-order chi connectivity index (χ0) is 14.7. The largest absolute Gasteiger partial charge is 0.381 e. The van der Waals surface area contributed by atoms with Crippen molar-refractivity contribution in [2.45, 2.75) is 6.54 Å². The van der Waals surface area contributed by atoms with Crippen LogP contribution in [0.4, 0.5) is 5.69 Å². The Balaban J connectivity index is 1.73. The average Bonchev–Trinajstić information content (AvgIpc) is 3.02. The second kappa shape index (κ2) is 5.71. The Kier molecular flexibility index (Phi) is 3.60. The van der Waals surface area contributed by atoms with Gasteiger partial charge in [-0.1, -0.05) is 12.1 Å². The quantitative estimate of drug-likeness (QED) is 0.687. The van der Waals surface area contributed by atoms with E-state index in [4.69, 9.17) is 0 Å². The second-order valence-corrected chi connectivity index (χ2v) is 4.87. The Morgan fingerprint density at radius 1 is 1.10 bits per heavy atom. The van der Waals surface area contributed by atoms with Crippen LogP contribution in [0.3, 0.4) is 0 Å². The van der Waals surface area contributed by atoms with E-state index in [1.807, 2.05) is 36.5 Å². The second-order valence-electron chi connectivity index (χ2n) is 4.87. The molecule has 0 aliphatic heterocycles. The lowest BCUT2D eigenvalue weighted by Gasteiger charge is -2.08. The van der Waals surface area contributed by atoms with Crippen LogP contribution in [0.2, 0.25) is 0 Å². The summed E-state index contributed by atoms with van der Waals surface area (Å²) in [4.78, 5) is 14.7. The number of benzene rings is 2. The van der Waals surface area contributed by atoms with Gasteiger partial charge in [0.2, 0.25) is 0 Å². The van der Waals surface area contributed by atoms with Gasteiger partial charge >= 0.3 is 0 Å². The molecule has 3 aromatic rings. The van der Waals surface area contributed by atoms with Crippen molar-refractivity contribution in [1.82, 2.24) is 10.3 Å². The summed E-state index contributed by atoms with van der Waals surface area (Å²) in [7, 11) is 1.63. The van der Waals surface area contributed by atoms with Crippen molar-refractivity contribution in [3.63, 3.8) is 0 Å². The first kappa shape index (κ1) is 13.2. The number of rotatable bonds is 4. The molecule has 1 heterocycles. The number of carbonyl (C=O) groups excluding carboxylic acids is 1. The molecule has 0 bridgehead atoms. The fourth-order valence-corrected chi connectivity index (χ4v) is 2.39. The Morgan fingerprint density at radius 3 is 2.67 bits per heavy atom. The van der Waals surface area contributed by atoms with Crippen molar-refractivity contribution in [3.05, 3.63) is 65.9 Å². The molecule has 0 atom stereocenters. The molecule has 4 heteroatoms. The van der Waals surface area contributed by atoms with E-state index in [1.54, 1.807) is 7.05 Å². The van der Waals surface area contributed by atoms with Crippen LogP contribution in [0.5, 0.6) is 0 Å². The van der Waals surface area contributed by atoms with Crippen LogP contribution in [0.15, 0.2) is 54.7 Å². The molecule has 0 saturated carbocycles. The zero-order valence-corrected chi connectivity index (χ0v) is 11.8. The molecule has 0 saturated heterocycles. The molecule has 0 fully saturated rings. The van der Waals surface area contributed by atoms with Gasteiger partial charge in [-0.15, -0.1) is 0 Å². The molecule has 0 aliphatic carbocycles. The van der Waals surface area contributed by atoms with Gasteiger partial charge < -0.3 is 15.6 Å². The maximum absolute atomic E-state index is 11.5. The molecule has 1 amide bonds. The number of hydrogen-bond acceptors (Lipinski definition) is 2. The predicted octanol–water partition coefficient (Wildman–Crippen LogP) is 3.14. The van der Waals surface area contributed by atoms with Crippen LogP contribution in [-0.2, 0) is 6.54 Å². The molecule has 4 nitrogen and oxygen atoms in total. The number of aromatic amines is 1. The van der Waals surface area contributed by atoms with Gasteiger partial charge in [0.25, 0.3) is 5.91 Å². The van der Waals surface area contributed by atoms with Crippen molar-refractivity contribution in [3.8, 4) is 0 Å². The number of amides is 1. The normalized spacial score (nSPS) is 10.5. The molecule has 106 valence electrons. The summed E-state index contributed by atoms with van der Waals surface area (Å²) in [5, 5.41) is 7.22. The lowest BCUT2D eigenvalue weighted by Crippen LogP contribution is -2.17. The van der Waals surface area contributed by atoms with Gasteiger partial charge in [0.15, 0.2) is 0 Å². The molecular weight excluding hydrogens is 262 g/mol. The van der Waals surface area contributed by atoms with E-state index in [1.165, 1.54) is 10.9 Å². The van der Waals surface area contributed by atoms with Gasteiger partial charge in [0.1, 0.15) is 0 Å². The summed E-state index contributed by atoms with van der Waals surface area (Å²) in [5.74, 6) is -0.0707. The third-order valence-corrected chi connectivity index (χ3v) is 3.54. The minimum Gasteiger partial charge on any atom is -0.381 e. The average molecular weight is 279 g/mol. The first-order chi connectivity index (χ1) is 10.3. The summed E-state index contributed by atoms with van der Waals surface area (Å²) >= 11 is 0. The summed E-state index contributed by atoms with van der Waals surface area (Å²) in [6.07, 6.45) is 1.95. The highest BCUT2D eigenvalue weighted by Crippen LogP contribution is 2.19. The van der Waals surface area contributed by atoms with E-state index in [0.717, 1.165) is 17.7 Å². The SMILES string of the molecule is CNC(=O)c1ccc(NCc2cccc3[nH]ccc23)cc1. The molecule has 2 aromatic carbocycles. The lowest BCUT2D eigenvalue weighted by molar-refractivity contribution is 0.0963. The highest BCUT2D eigenvalue weighted by Gasteiger charge is 2.03. The van der Waals surface area contributed by atoms with Crippen molar-refractivity contribution in [2.24, 2.45) is 0 Å². The van der Waals surface area contributed by atoms with Crippen LogP contribution in [0.25, 0.3) is 10.9 Å². The van der Waals surface area contributed by atoms with E-state index in [2.05, 4.69) is 33.8 Å². The molecule has 0 radical (unpaired) electrons. The molecule has 3 rings (SSSR count). The zero-order valence-electron chi connectivity index (χ0n) is 11.8. The highest BCUT2D eigenvalue weighted by atomic mass is 16.1. The molecule has 0 aliphatic rings. The highest BCUT2D eigenvalue weighted by molar-refractivity contribution is 5.94. The Morgan fingerprint density at radius 2 is 1.90 bits per heavy atom. The molecule has 21 heavy (non-hydrogen) atoms. The molecule has 0 unspecified atom stereocenters. The Labute approximate surface area is 123 Å². The number of nitrogens with one attached hydrogen (secondary N) is 3. The smallest absolute Gasteiger partial charge is 0.251 e. The van der Waals surface area contributed by atoms with Crippen molar-refractivity contribution in [1.29, 1.82) is 0 Å². The lowest BCUT2D eigenvalue weighted by atomic mass is 10.1. The molecular formula is C17H17N3O. The summed E-state index contributed by atoms with van der Waals surface area (Å²) in [6.45, 7) is 0.745. The van der Waals surface area contributed by atoms with Crippen molar-refractivity contribution < 1.29 is 4.79 Å². The van der Waals surface area contributed by atoms with E-state index >= 15 is 0 Å².